The first kappa shape index (κ1) is 18.6. The molecule has 24 heavy (non-hydrogen) atoms. The van der Waals surface area contributed by atoms with Crippen LogP contribution in [0.3, 0.4) is 0 Å². The van der Waals surface area contributed by atoms with E-state index in [4.69, 9.17) is 29.0 Å². The van der Waals surface area contributed by atoms with Crippen LogP contribution in [0.1, 0.15) is 18.5 Å². The molecule has 0 spiro atoms. The predicted octanol–water partition coefficient (Wildman–Crippen LogP) is 3.17. The van der Waals surface area contributed by atoms with Gasteiger partial charge in [-0.15, -0.1) is 0 Å². The fourth-order valence-corrected chi connectivity index (χ4v) is 2.96. The van der Waals surface area contributed by atoms with Gasteiger partial charge in [0.15, 0.2) is 5.11 Å². The first-order valence-corrected chi connectivity index (χ1v) is 9.15. The first-order chi connectivity index (χ1) is 11.2. The van der Waals surface area contributed by atoms with Gasteiger partial charge >= 0.3 is 0 Å². The lowest BCUT2D eigenvalue weighted by Gasteiger charge is -2.18. The number of sulfonamides is 1. The van der Waals surface area contributed by atoms with Gasteiger partial charge in [-0.05, 0) is 55.0 Å². The Labute approximate surface area is 150 Å². The van der Waals surface area contributed by atoms with E-state index in [-0.39, 0.29) is 16.0 Å². The Hall–Kier alpha value is -1.74. The van der Waals surface area contributed by atoms with E-state index in [1.807, 2.05) is 6.92 Å². The molecule has 128 valence electrons. The smallest absolute Gasteiger partial charge is 0.238 e. The molecule has 0 saturated carbocycles. The molecule has 5 nitrogen and oxygen atoms in total. The van der Waals surface area contributed by atoms with Crippen molar-refractivity contribution >= 4 is 44.6 Å². The van der Waals surface area contributed by atoms with Crippen molar-refractivity contribution in [3.63, 3.8) is 0 Å². The van der Waals surface area contributed by atoms with E-state index in [2.05, 4.69) is 10.6 Å². The number of nitrogens with one attached hydrogen (secondary N) is 2. The number of hydrogen-bond donors (Lipinski definition) is 3. The minimum absolute atomic E-state index is 0.00516. The summed E-state index contributed by atoms with van der Waals surface area (Å²) in [4.78, 5) is 0.0418. The third-order valence-corrected chi connectivity index (χ3v) is 4.67. The number of hydrogen-bond acceptors (Lipinski definition) is 3. The maximum Gasteiger partial charge on any atom is 0.238 e. The molecule has 0 heterocycles. The quantitative estimate of drug-likeness (QED) is 0.702. The minimum Gasteiger partial charge on any atom is -0.356 e. The zero-order valence-electron chi connectivity index (χ0n) is 12.6. The van der Waals surface area contributed by atoms with Crippen LogP contribution in [0.5, 0.6) is 0 Å². The summed E-state index contributed by atoms with van der Waals surface area (Å²) in [6.45, 7) is 1.86. The number of nitrogens with two attached hydrogens (primary N) is 1. The number of primary sulfonamides is 1. The molecule has 2 aromatic carbocycles. The molecule has 0 unspecified atom stereocenters. The van der Waals surface area contributed by atoms with E-state index in [0.717, 1.165) is 5.56 Å². The molecule has 0 aromatic heterocycles. The van der Waals surface area contributed by atoms with Crippen molar-refractivity contribution in [3.8, 4) is 0 Å². The van der Waals surface area contributed by atoms with Gasteiger partial charge in [0.2, 0.25) is 10.0 Å². The van der Waals surface area contributed by atoms with Gasteiger partial charge in [0.05, 0.1) is 16.0 Å². The average Bonchev–Trinajstić information content (AvgIpc) is 2.50. The SMILES string of the molecule is C[C@H](NC(=S)Nc1ccc(F)c(Cl)c1)c1ccc(S(N)(=O)=O)cc1. The average molecular weight is 388 g/mol. The van der Waals surface area contributed by atoms with Crippen LogP contribution in [0.2, 0.25) is 5.02 Å². The maximum absolute atomic E-state index is 13.1. The fourth-order valence-electron chi connectivity index (χ4n) is 1.97. The van der Waals surface area contributed by atoms with Crippen molar-refractivity contribution in [3.05, 3.63) is 58.9 Å². The first-order valence-electron chi connectivity index (χ1n) is 6.82. The number of rotatable bonds is 4. The summed E-state index contributed by atoms with van der Waals surface area (Å²) in [5.41, 5.74) is 1.37. The minimum atomic E-state index is -3.72. The van der Waals surface area contributed by atoms with Gasteiger partial charge in [-0.25, -0.2) is 17.9 Å². The normalized spacial score (nSPS) is 12.5. The molecule has 0 saturated heterocycles. The molecule has 0 aliphatic rings. The van der Waals surface area contributed by atoms with Crippen molar-refractivity contribution < 1.29 is 12.8 Å². The number of halogens is 2. The summed E-state index contributed by atoms with van der Waals surface area (Å²) in [5, 5.41) is 11.3. The van der Waals surface area contributed by atoms with Gasteiger partial charge in [0.1, 0.15) is 5.82 Å². The van der Waals surface area contributed by atoms with E-state index in [9.17, 15) is 12.8 Å². The van der Waals surface area contributed by atoms with Crippen molar-refractivity contribution in [1.29, 1.82) is 0 Å². The van der Waals surface area contributed by atoms with Gasteiger partial charge in [-0.3, -0.25) is 0 Å². The lowest BCUT2D eigenvalue weighted by molar-refractivity contribution is 0.597. The molecule has 0 aliphatic carbocycles. The van der Waals surface area contributed by atoms with E-state index < -0.39 is 15.8 Å². The lowest BCUT2D eigenvalue weighted by Crippen LogP contribution is -2.30. The molecule has 2 aromatic rings. The highest BCUT2D eigenvalue weighted by molar-refractivity contribution is 7.89. The number of thiocarbonyl (C=S) groups is 1. The van der Waals surface area contributed by atoms with Crippen molar-refractivity contribution in [2.24, 2.45) is 5.14 Å². The molecule has 4 N–H and O–H groups in total. The Morgan fingerprint density at radius 3 is 2.42 bits per heavy atom. The van der Waals surface area contributed by atoms with E-state index in [1.165, 1.54) is 30.3 Å². The van der Waals surface area contributed by atoms with E-state index in [0.29, 0.717) is 10.8 Å². The van der Waals surface area contributed by atoms with Crippen molar-refractivity contribution in [2.45, 2.75) is 17.9 Å². The molecule has 0 bridgehead atoms. The Bertz CT molecular complexity index is 858. The lowest BCUT2D eigenvalue weighted by atomic mass is 10.1. The Kier molecular flexibility index (Phi) is 5.76. The van der Waals surface area contributed by atoms with Crippen LogP contribution in [0, 0.1) is 5.82 Å². The molecule has 2 rings (SSSR count). The highest BCUT2D eigenvalue weighted by Gasteiger charge is 2.11. The zero-order valence-corrected chi connectivity index (χ0v) is 15.0. The van der Waals surface area contributed by atoms with Crippen LogP contribution in [-0.4, -0.2) is 13.5 Å². The van der Waals surface area contributed by atoms with Gasteiger partial charge < -0.3 is 10.6 Å². The molecule has 0 aliphatic heterocycles. The third kappa shape index (κ3) is 4.88. The maximum atomic E-state index is 13.1. The second-order valence-corrected chi connectivity index (χ2v) is 7.44. The van der Waals surface area contributed by atoms with Crippen molar-refractivity contribution in [1.82, 2.24) is 5.32 Å². The van der Waals surface area contributed by atoms with Gasteiger partial charge in [-0.2, -0.15) is 0 Å². The molecule has 9 heteroatoms. The monoisotopic (exact) mass is 387 g/mol. The van der Waals surface area contributed by atoms with Crippen molar-refractivity contribution in [2.75, 3.05) is 5.32 Å². The topological polar surface area (TPSA) is 84.2 Å². The van der Waals surface area contributed by atoms with Crippen LogP contribution in [0.15, 0.2) is 47.4 Å². The summed E-state index contributed by atoms with van der Waals surface area (Å²) < 4.78 is 35.6. The standard InChI is InChI=1S/C15H15ClFN3O2S2/c1-9(10-2-5-12(6-3-10)24(18,21)22)19-15(23)20-11-4-7-14(17)13(16)8-11/h2-9H,1H3,(H2,18,21,22)(H2,19,20,23)/t9-/m0/s1. The largest absolute Gasteiger partial charge is 0.356 e. The second-order valence-electron chi connectivity index (χ2n) is 5.06. The molecule has 0 radical (unpaired) electrons. The summed E-state index contributed by atoms with van der Waals surface area (Å²) in [5.74, 6) is -0.510. The summed E-state index contributed by atoms with van der Waals surface area (Å²) >= 11 is 10.9. The zero-order chi connectivity index (χ0) is 17.9. The second kappa shape index (κ2) is 7.43. The summed E-state index contributed by atoms with van der Waals surface area (Å²) in [6.07, 6.45) is 0. The van der Waals surface area contributed by atoms with Crippen LogP contribution in [0.4, 0.5) is 10.1 Å². The van der Waals surface area contributed by atoms with Crippen LogP contribution in [-0.2, 0) is 10.0 Å². The summed E-state index contributed by atoms with van der Waals surface area (Å²) in [7, 11) is -3.72. The molecular weight excluding hydrogens is 373 g/mol. The Morgan fingerprint density at radius 2 is 1.88 bits per heavy atom. The molecule has 0 amide bonds. The van der Waals surface area contributed by atoms with Gasteiger partial charge in [-0.1, -0.05) is 23.7 Å². The highest BCUT2D eigenvalue weighted by Crippen LogP contribution is 2.20. The molecule has 0 fully saturated rings. The van der Waals surface area contributed by atoms with Gasteiger partial charge in [0, 0.05) is 5.69 Å². The Balaban J connectivity index is 2.01. The third-order valence-electron chi connectivity index (χ3n) is 3.23. The summed E-state index contributed by atoms with van der Waals surface area (Å²) in [6, 6.07) is 10.2. The molecule has 1 atom stereocenters. The predicted molar refractivity (Wildman–Crippen MR) is 97.0 cm³/mol. The van der Waals surface area contributed by atoms with E-state index in [1.54, 1.807) is 12.1 Å². The van der Waals surface area contributed by atoms with E-state index >= 15 is 0 Å². The van der Waals surface area contributed by atoms with Crippen LogP contribution < -0.4 is 15.8 Å². The highest BCUT2D eigenvalue weighted by atomic mass is 35.5. The van der Waals surface area contributed by atoms with Crippen LogP contribution in [0.25, 0.3) is 0 Å². The van der Waals surface area contributed by atoms with Crippen LogP contribution >= 0.6 is 23.8 Å². The molecular formula is C15H15ClFN3O2S2. The fraction of sp³-hybridized carbons (Fsp3) is 0.133. The number of anilines is 1. The van der Waals surface area contributed by atoms with Gasteiger partial charge in [0.25, 0.3) is 0 Å². The Morgan fingerprint density at radius 1 is 1.25 bits per heavy atom. The number of benzene rings is 2.